The monoisotopic (exact) mass is 695 g/mol. The number of rotatable bonds is 18. The lowest BCUT2D eigenvalue weighted by atomic mass is 10.00. The van der Waals surface area contributed by atoms with E-state index in [9.17, 15) is 14.7 Å². The average Bonchev–Trinajstić information content (AvgIpc) is 3.49. The predicted octanol–water partition coefficient (Wildman–Crippen LogP) is 9.45. The number of nitrogens with zero attached hydrogens (tertiary/aromatic N) is 1. The molecule has 0 aliphatic heterocycles. The van der Waals surface area contributed by atoms with Gasteiger partial charge in [0.05, 0.1) is 28.8 Å². The Morgan fingerprint density at radius 2 is 1.42 bits per heavy atom. The molecule has 0 radical (unpaired) electrons. The smallest absolute Gasteiger partial charge is 0.335 e. The number of fused-ring (bicyclic) bond motifs is 3. The topological polar surface area (TPSA) is 107 Å². The summed E-state index contributed by atoms with van der Waals surface area (Å²) in [5.41, 5.74) is 11.4. The highest BCUT2D eigenvalue weighted by atomic mass is 16.5. The Kier molecular flexibility index (Phi) is 12.4. The van der Waals surface area contributed by atoms with E-state index in [1.807, 2.05) is 24.3 Å². The van der Waals surface area contributed by atoms with Gasteiger partial charge in [-0.1, -0.05) is 105 Å². The van der Waals surface area contributed by atoms with Gasteiger partial charge in [-0.05, 0) is 103 Å². The number of aromatic carboxylic acids is 1. The van der Waals surface area contributed by atoms with Crippen molar-refractivity contribution >= 4 is 33.7 Å². The first kappa shape index (κ1) is 36.4. The molecule has 4 N–H and O–H groups in total. The number of amides is 1. The molecule has 0 aliphatic rings. The summed E-state index contributed by atoms with van der Waals surface area (Å²) in [4.78, 5) is 24.5. The van der Waals surface area contributed by atoms with E-state index in [2.05, 4.69) is 89.7 Å². The summed E-state index contributed by atoms with van der Waals surface area (Å²) in [7, 11) is 0. The molecule has 1 aromatic heterocycles. The first-order valence-electron chi connectivity index (χ1n) is 18.6. The zero-order chi connectivity index (χ0) is 36.3. The molecule has 0 atom stereocenters. The SMILES string of the molecule is CCCCCCCc1cc(OCCCc2ccc(C(=O)O)cc2)cc2c3c(C(=O)NN)cccc3n(Cc3cccc(CCc4ccccc4)c3)c12. The summed E-state index contributed by atoms with van der Waals surface area (Å²) in [6.45, 7) is 3.41. The number of benzene rings is 5. The fourth-order valence-electron chi connectivity index (χ4n) is 7.25. The second-order valence-electron chi connectivity index (χ2n) is 13.7. The first-order valence-corrected chi connectivity index (χ1v) is 18.6. The Morgan fingerprint density at radius 3 is 2.19 bits per heavy atom. The molecule has 0 unspecified atom stereocenters. The van der Waals surface area contributed by atoms with E-state index in [-0.39, 0.29) is 11.5 Å². The number of nitrogens with one attached hydrogen (secondary N) is 1. The fraction of sp³-hybridized carbons (Fsp3) is 0.289. The van der Waals surface area contributed by atoms with Gasteiger partial charge in [0.1, 0.15) is 5.75 Å². The molecule has 0 saturated carbocycles. The number of hydrogen-bond donors (Lipinski definition) is 3. The average molecular weight is 696 g/mol. The first-order chi connectivity index (χ1) is 25.4. The number of hydrogen-bond acceptors (Lipinski definition) is 4. The fourth-order valence-corrected chi connectivity index (χ4v) is 7.25. The maximum Gasteiger partial charge on any atom is 0.335 e. The number of aromatic nitrogens is 1. The van der Waals surface area contributed by atoms with Crippen LogP contribution in [0.5, 0.6) is 5.75 Å². The minimum Gasteiger partial charge on any atom is -0.494 e. The van der Waals surface area contributed by atoms with Crippen molar-refractivity contribution in [3.05, 3.63) is 148 Å². The van der Waals surface area contributed by atoms with Crippen molar-refractivity contribution in [3.8, 4) is 5.75 Å². The number of nitrogens with two attached hydrogens (primary N) is 1. The Morgan fingerprint density at radius 1 is 0.712 bits per heavy atom. The maximum atomic E-state index is 13.2. The highest BCUT2D eigenvalue weighted by Gasteiger charge is 2.21. The van der Waals surface area contributed by atoms with E-state index >= 15 is 0 Å². The number of hydrazine groups is 1. The van der Waals surface area contributed by atoms with Crippen LogP contribution in [0.3, 0.4) is 0 Å². The Bertz CT molecular complexity index is 2120. The van der Waals surface area contributed by atoms with E-state index in [0.717, 1.165) is 78.1 Å². The molecule has 1 amide bonds. The van der Waals surface area contributed by atoms with Crippen molar-refractivity contribution in [2.45, 2.75) is 77.7 Å². The summed E-state index contributed by atoms with van der Waals surface area (Å²) >= 11 is 0. The molecule has 6 rings (SSSR count). The lowest BCUT2D eigenvalue weighted by molar-refractivity contribution is 0.0696. The third kappa shape index (κ3) is 8.90. The molecule has 0 bridgehead atoms. The van der Waals surface area contributed by atoms with Gasteiger partial charge in [-0.25, -0.2) is 10.6 Å². The Balaban J connectivity index is 1.34. The van der Waals surface area contributed by atoms with E-state index in [1.54, 1.807) is 12.1 Å². The number of ether oxygens (including phenoxy) is 1. The summed E-state index contributed by atoms with van der Waals surface area (Å²) in [5, 5.41) is 11.1. The van der Waals surface area contributed by atoms with Crippen LogP contribution in [0.1, 0.15) is 94.0 Å². The van der Waals surface area contributed by atoms with Crippen molar-refractivity contribution < 1.29 is 19.4 Å². The van der Waals surface area contributed by atoms with Crippen molar-refractivity contribution in [1.82, 2.24) is 9.99 Å². The van der Waals surface area contributed by atoms with Gasteiger partial charge in [0.25, 0.3) is 5.91 Å². The van der Waals surface area contributed by atoms with Crippen LogP contribution in [0.15, 0.2) is 109 Å². The van der Waals surface area contributed by atoms with E-state index < -0.39 is 5.97 Å². The molecule has 0 spiro atoms. The second kappa shape index (κ2) is 17.7. The number of unbranched alkanes of at least 4 members (excludes halogenated alkanes) is 4. The zero-order valence-corrected chi connectivity index (χ0v) is 30.1. The third-order valence-electron chi connectivity index (χ3n) is 9.92. The van der Waals surface area contributed by atoms with Crippen LogP contribution in [-0.2, 0) is 32.2 Å². The number of carboxylic acid groups (broad SMARTS) is 1. The van der Waals surface area contributed by atoms with Gasteiger partial charge in [-0.2, -0.15) is 0 Å². The number of aryl methyl sites for hydroxylation is 4. The number of nitrogen functional groups attached to an aromatic ring is 1. The minimum absolute atomic E-state index is 0.285. The molecule has 1 heterocycles. The van der Waals surface area contributed by atoms with E-state index in [1.165, 1.54) is 41.5 Å². The summed E-state index contributed by atoms with van der Waals surface area (Å²) in [5.74, 6) is 5.24. The minimum atomic E-state index is -0.924. The molecule has 7 nitrogen and oxygen atoms in total. The third-order valence-corrected chi connectivity index (χ3v) is 9.92. The van der Waals surface area contributed by atoms with Crippen molar-refractivity contribution in [2.75, 3.05) is 6.61 Å². The quantitative estimate of drug-likeness (QED) is 0.0360. The molecule has 7 heteroatoms. The standard InChI is InChI=1S/C45H49N3O4/c1-2-3-4-5-9-18-37-29-38(52-27-12-17-33-23-25-36(26-24-33)45(50)51)30-40-42-39(44(49)47-46)19-11-20-41(42)48(43(37)40)31-35-16-10-15-34(28-35)22-21-32-13-7-6-8-14-32/h6-8,10-11,13-16,19-20,23-26,28-30H,2-5,9,12,17-18,21-22,27,31,46H2,1H3,(H,47,49)(H,50,51). The maximum absolute atomic E-state index is 13.2. The molecule has 5 aromatic carbocycles. The van der Waals surface area contributed by atoms with Crippen molar-refractivity contribution in [1.29, 1.82) is 0 Å². The lowest BCUT2D eigenvalue weighted by Gasteiger charge is -2.15. The molecule has 268 valence electrons. The van der Waals surface area contributed by atoms with Crippen LogP contribution < -0.4 is 16.0 Å². The van der Waals surface area contributed by atoms with Crippen LogP contribution in [0.25, 0.3) is 21.8 Å². The molecule has 6 aromatic rings. The molecular weight excluding hydrogens is 647 g/mol. The van der Waals surface area contributed by atoms with Crippen LogP contribution in [-0.4, -0.2) is 28.2 Å². The highest BCUT2D eigenvalue weighted by Crippen LogP contribution is 2.38. The normalized spacial score (nSPS) is 11.3. The Labute approximate surface area is 306 Å². The number of carbonyl (C=O) groups excluding carboxylic acids is 1. The van der Waals surface area contributed by atoms with Crippen LogP contribution >= 0.6 is 0 Å². The summed E-state index contributed by atoms with van der Waals surface area (Å²) in [6.07, 6.45) is 10.3. The Hall–Kier alpha value is -5.40. The van der Waals surface area contributed by atoms with E-state index in [0.29, 0.717) is 18.7 Å². The second-order valence-corrected chi connectivity index (χ2v) is 13.7. The van der Waals surface area contributed by atoms with Gasteiger partial charge >= 0.3 is 5.97 Å². The molecular formula is C45H49N3O4. The van der Waals surface area contributed by atoms with E-state index in [4.69, 9.17) is 10.6 Å². The molecule has 52 heavy (non-hydrogen) atoms. The highest BCUT2D eigenvalue weighted by molar-refractivity contribution is 6.19. The molecule has 0 fully saturated rings. The summed E-state index contributed by atoms with van der Waals surface area (Å²) < 4.78 is 8.81. The van der Waals surface area contributed by atoms with Gasteiger partial charge < -0.3 is 14.4 Å². The van der Waals surface area contributed by atoms with Crippen molar-refractivity contribution in [3.63, 3.8) is 0 Å². The molecule has 0 aliphatic carbocycles. The van der Waals surface area contributed by atoms with Crippen LogP contribution in [0, 0.1) is 0 Å². The van der Waals surface area contributed by atoms with Gasteiger partial charge in [0, 0.05) is 17.3 Å². The van der Waals surface area contributed by atoms with Gasteiger partial charge in [-0.15, -0.1) is 0 Å². The summed E-state index contributed by atoms with van der Waals surface area (Å²) in [6, 6.07) is 36.6. The van der Waals surface area contributed by atoms with Gasteiger partial charge in [-0.3, -0.25) is 10.2 Å². The predicted molar refractivity (Wildman–Crippen MR) is 210 cm³/mol. The zero-order valence-electron chi connectivity index (χ0n) is 30.1. The number of carboxylic acids is 1. The largest absolute Gasteiger partial charge is 0.494 e. The number of carbonyl (C=O) groups is 2. The van der Waals surface area contributed by atoms with Gasteiger partial charge in [0.2, 0.25) is 0 Å². The molecule has 0 saturated heterocycles. The van der Waals surface area contributed by atoms with Gasteiger partial charge in [0.15, 0.2) is 0 Å². The van der Waals surface area contributed by atoms with Crippen LogP contribution in [0.2, 0.25) is 0 Å². The lowest BCUT2D eigenvalue weighted by Crippen LogP contribution is -2.30. The van der Waals surface area contributed by atoms with Crippen LogP contribution in [0.4, 0.5) is 0 Å². The van der Waals surface area contributed by atoms with Crippen molar-refractivity contribution in [2.24, 2.45) is 5.84 Å².